The van der Waals surface area contributed by atoms with Gasteiger partial charge in [-0.1, -0.05) is 64.5 Å². The molecule has 3 aromatic rings. The molecule has 30 heavy (non-hydrogen) atoms. The van der Waals surface area contributed by atoms with E-state index in [1.54, 1.807) is 12.1 Å². The summed E-state index contributed by atoms with van der Waals surface area (Å²) in [5, 5.41) is 0. The molecule has 1 aliphatic rings. The number of carbonyl (C=O) groups excluding carboxylic acids is 1. The molecule has 0 saturated heterocycles. The van der Waals surface area contributed by atoms with Crippen molar-refractivity contribution >= 4 is 27.8 Å². The fourth-order valence-corrected chi connectivity index (χ4v) is 3.82. The maximum absolute atomic E-state index is 13.1. The van der Waals surface area contributed by atoms with Gasteiger partial charge in [0.15, 0.2) is 5.78 Å². The predicted octanol–water partition coefficient (Wildman–Crippen LogP) is 6.64. The number of hydrogen-bond acceptors (Lipinski definition) is 3. The molecule has 0 saturated carbocycles. The van der Waals surface area contributed by atoms with Crippen LogP contribution in [0.2, 0.25) is 0 Å². The van der Waals surface area contributed by atoms with Crippen molar-refractivity contribution in [3.8, 4) is 11.5 Å². The van der Waals surface area contributed by atoms with Gasteiger partial charge in [0.2, 0.25) is 0 Å². The quantitative estimate of drug-likeness (QED) is 0.304. The van der Waals surface area contributed by atoms with Crippen LogP contribution in [0.15, 0.2) is 77.3 Å². The molecule has 0 N–H and O–H groups in total. The fraction of sp³-hybridized carbons (Fsp3) is 0.192. The Kier molecular flexibility index (Phi) is 5.78. The van der Waals surface area contributed by atoms with Gasteiger partial charge in [-0.15, -0.1) is 0 Å². The second-order valence-electron chi connectivity index (χ2n) is 7.98. The van der Waals surface area contributed by atoms with Crippen LogP contribution >= 0.6 is 15.9 Å². The summed E-state index contributed by atoms with van der Waals surface area (Å²) in [7, 11) is 0. The maximum Gasteiger partial charge on any atom is 0.189 e. The van der Waals surface area contributed by atoms with Gasteiger partial charge in [-0.25, -0.2) is 0 Å². The van der Waals surface area contributed by atoms with E-state index in [0.717, 1.165) is 26.9 Å². The molecule has 1 heterocycles. The molecule has 0 bridgehead atoms. The summed E-state index contributed by atoms with van der Waals surface area (Å²) in [6.45, 7) is 4.49. The van der Waals surface area contributed by atoms with Crippen molar-refractivity contribution in [1.29, 1.82) is 0 Å². The van der Waals surface area contributed by atoms with E-state index in [9.17, 15) is 4.79 Å². The van der Waals surface area contributed by atoms with Crippen molar-refractivity contribution in [3.05, 3.63) is 99.5 Å². The first-order valence-electron chi connectivity index (χ1n) is 9.91. The van der Waals surface area contributed by atoms with Crippen LogP contribution in [0, 0.1) is 0 Å². The number of ketones is 1. The molecule has 3 nitrogen and oxygen atoms in total. The summed E-state index contributed by atoms with van der Waals surface area (Å²) < 4.78 is 13.3. The zero-order valence-electron chi connectivity index (χ0n) is 17.0. The van der Waals surface area contributed by atoms with E-state index in [-0.39, 0.29) is 11.4 Å². The molecular formula is C26H23BrO3. The normalized spacial score (nSPS) is 14.4. The van der Waals surface area contributed by atoms with Gasteiger partial charge in [0.1, 0.15) is 23.7 Å². The minimum absolute atomic E-state index is 0.0894. The van der Waals surface area contributed by atoms with Gasteiger partial charge in [0, 0.05) is 16.5 Å². The van der Waals surface area contributed by atoms with Crippen LogP contribution in [0.1, 0.15) is 40.9 Å². The molecule has 0 aliphatic carbocycles. The molecule has 152 valence electrons. The Morgan fingerprint density at radius 1 is 1.07 bits per heavy atom. The molecule has 4 rings (SSSR count). The topological polar surface area (TPSA) is 35.5 Å². The Bertz CT molecular complexity index is 1080. The lowest BCUT2D eigenvalue weighted by molar-refractivity contribution is 0.104. The van der Waals surface area contributed by atoms with Gasteiger partial charge in [-0.2, -0.15) is 0 Å². The van der Waals surface area contributed by atoms with Gasteiger partial charge in [-0.05, 0) is 55.3 Å². The standard InChI is InChI=1S/C26H23BrO3/c1-26(2)16-22-24(30-26)15-13-21(25(22)29-17-19-6-4-3-5-7-19)23(28)14-10-18-8-11-20(27)12-9-18/h3-15H,16-17H2,1-2H3/b14-10+. The van der Waals surface area contributed by atoms with Gasteiger partial charge in [0.05, 0.1) is 5.56 Å². The van der Waals surface area contributed by atoms with Crippen LogP contribution in [0.3, 0.4) is 0 Å². The summed E-state index contributed by atoms with van der Waals surface area (Å²) in [6.07, 6.45) is 4.12. The third-order valence-corrected chi connectivity index (χ3v) is 5.52. The number of halogens is 1. The highest BCUT2D eigenvalue weighted by molar-refractivity contribution is 9.10. The van der Waals surface area contributed by atoms with Crippen LogP contribution in [-0.2, 0) is 13.0 Å². The van der Waals surface area contributed by atoms with E-state index >= 15 is 0 Å². The minimum atomic E-state index is -0.317. The average molecular weight is 463 g/mol. The summed E-state index contributed by atoms with van der Waals surface area (Å²) in [6, 6.07) is 21.5. The van der Waals surface area contributed by atoms with E-state index < -0.39 is 0 Å². The fourth-order valence-electron chi connectivity index (χ4n) is 3.56. The zero-order chi connectivity index (χ0) is 21.1. The van der Waals surface area contributed by atoms with Crippen molar-refractivity contribution in [3.63, 3.8) is 0 Å². The lowest BCUT2D eigenvalue weighted by Gasteiger charge is -2.16. The Hall–Kier alpha value is -2.85. The Morgan fingerprint density at radius 3 is 2.53 bits per heavy atom. The Labute approximate surface area is 185 Å². The highest BCUT2D eigenvalue weighted by atomic mass is 79.9. The molecule has 4 heteroatoms. The smallest absolute Gasteiger partial charge is 0.189 e. The zero-order valence-corrected chi connectivity index (χ0v) is 18.6. The molecule has 0 radical (unpaired) electrons. The second kappa shape index (κ2) is 8.49. The molecule has 0 aromatic heterocycles. The van der Waals surface area contributed by atoms with Crippen LogP contribution in [0.4, 0.5) is 0 Å². The van der Waals surface area contributed by atoms with Crippen LogP contribution in [0.5, 0.6) is 11.5 Å². The minimum Gasteiger partial charge on any atom is -0.488 e. The van der Waals surface area contributed by atoms with E-state index in [2.05, 4.69) is 15.9 Å². The van der Waals surface area contributed by atoms with Gasteiger partial charge in [0.25, 0.3) is 0 Å². The summed E-state index contributed by atoms with van der Waals surface area (Å²) in [5.74, 6) is 1.32. The molecule has 0 fully saturated rings. The van der Waals surface area contributed by atoms with E-state index in [4.69, 9.17) is 9.47 Å². The largest absolute Gasteiger partial charge is 0.488 e. The number of hydrogen-bond donors (Lipinski definition) is 0. The number of carbonyl (C=O) groups is 1. The van der Waals surface area contributed by atoms with E-state index in [1.165, 1.54) is 0 Å². The third-order valence-electron chi connectivity index (χ3n) is 4.99. The predicted molar refractivity (Wildman–Crippen MR) is 123 cm³/mol. The molecule has 1 aliphatic heterocycles. The van der Waals surface area contributed by atoms with Crippen LogP contribution in [0.25, 0.3) is 6.08 Å². The number of ether oxygens (including phenoxy) is 2. The van der Waals surface area contributed by atoms with Gasteiger partial charge >= 0.3 is 0 Å². The van der Waals surface area contributed by atoms with E-state index in [1.807, 2.05) is 80.6 Å². The summed E-state index contributed by atoms with van der Waals surface area (Å²) in [5.41, 5.74) is 3.21. The number of fused-ring (bicyclic) bond motifs is 1. The van der Waals surface area contributed by atoms with E-state index in [0.29, 0.717) is 24.3 Å². The van der Waals surface area contributed by atoms with Crippen LogP contribution < -0.4 is 9.47 Å². The molecular weight excluding hydrogens is 440 g/mol. The van der Waals surface area contributed by atoms with Gasteiger partial charge < -0.3 is 9.47 Å². The highest BCUT2D eigenvalue weighted by Crippen LogP contribution is 2.42. The first-order chi connectivity index (χ1) is 14.4. The van der Waals surface area contributed by atoms with Crippen molar-refractivity contribution in [2.45, 2.75) is 32.5 Å². The monoisotopic (exact) mass is 462 g/mol. The lowest BCUT2D eigenvalue weighted by Crippen LogP contribution is -2.24. The Morgan fingerprint density at radius 2 is 1.80 bits per heavy atom. The molecule has 0 amide bonds. The number of benzene rings is 3. The first-order valence-corrected chi connectivity index (χ1v) is 10.7. The van der Waals surface area contributed by atoms with Gasteiger partial charge in [-0.3, -0.25) is 4.79 Å². The maximum atomic E-state index is 13.1. The second-order valence-corrected chi connectivity index (χ2v) is 8.90. The molecule has 3 aromatic carbocycles. The van der Waals surface area contributed by atoms with Crippen molar-refractivity contribution in [2.75, 3.05) is 0 Å². The SMILES string of the molecule is CC1(C)Cc2c(ccc(C(=O)/C=C/c3ccc(Br)cc3)c2OCc2ccccc2)O1. The molecule has 0 atom stereocenters. The van der Waals surface area contributed by atoms with Crippen molar-refractivity contribution < 1.29 is 14.3 Å². The number of allylic oxidation sites excluding steroid dienone is 1. The summed E-state index contributed by atoms with van der Waals surface area (Å²) in [4.78, 5) is 13.1. The average Bonchev–Trinajstić information content (AvgIpc) is 3.06. The van der Waals surface area contributed by atoms with Crippen molar-refractivity contribution in [1.82, 2.24) is 0 Å². The molecule has 0 unspecified atom stereocenters. The molecule has 0 spiro atoms. The van der Waals surface area contributed by atoms with Crippen molar-refractivity contribution in [2.24, 2.45) is 0 Å². The summed E-state index contributed by atoms with van der Waals surface area (Å²) >= 11 is 3.43. The lowest BCUT2D eigenvalue weighted by atomic mass is 9.97. The Balaban J connectivity index is 1.64. The highest BCUT2D eigenvalue weighted by Gasteiger charge is 2.34. The van der Waals surface area contributed by atoms with Crippen LogP contribution in [-0.4, -0.2) is 11.4 Å². The first kappa shape index (κ1) is 20.4. The number of rotatable bonds is 6. The third kappa shape index (κ3) is 4.65.